The Kier molecular flexibility index (Phi) is 4.91. The number of carboxylic acid groups (broad SMARTS) is 1. The summed E-state index contributed by atoms with van der Waals surface area (Å²) < 4.78 is 39.8. The number of hydrogen-bond acceptors (Lipinski definition) is 3. The number of anilines is 1. The number of amides is 1. The predicted octanol–water partition coefficient (Wildman–Crippen LogP) is 2.91. The minimum absolute atomic E-state index is 0.152. The van der Waals surface area contributed by atoms with Crippen LogP contribution in [-0.2, 0) is 11.2 Å². The van der Waals surface area contributed by atoms with Gasteiger partial charge in [0.2, 0.25) is 5.91 Å². The average Bonchev–Trinajstić information content (AvgIpc) is 2.77. The molecule has 1 amide bonds. The van der Waals surface area contributed by atoms with Crippen molar-refractivity contribution in [3.8, 4) is 0 Å². The maximum Gasteiger partial charge on any atom is 0.335 e. The molecule has 2 N–H and O–H groups in total. The van der Waals surface area contributed by atoms with Crippen LogP contribution in [0.4, 0.5) is 18.9 Å². The molecule has 0 aliphatic carbocycles. The van der Waals surface area contributed by atoms with Gasteiger partial charge in [-0.1, -0.05) is 0 Å². The van der Waals surface area contributed by atoms with Crippen molar-refractivity contribution in [2.75, 3.05) is 5.32 Å². The number of nitrogens with zero attached hydrogens (tertiary/aromatic N) is 2. The second-order valence-electron chi connectivity index (χ2n) is 5.10. The number of aromatic carboxylic acids is 1. The Morgan fingerprint density at radius 3 is 2.50 bits per heavy atom. The lowest BCUT2D eigenvalue weighted by molar-refractivity contribution is -0.115. The zero-order valence-electron chi connectivity index (χ0n) is 12.8. The van der Waals surface area contributed by atoms with Crippen LogP contribution >= 0.6 is 0 Å². The maximum atomic E-state index is 13.8. The third-order valence-electron chi connectivity index (χ3n) is 3.49. The zero-order valence-corrected chi connectivity index (χ0v) is 12.8. The standard InChI is InChI=1S/C15H14F3N3O3/c1-7-10(8(2)21(20-7)15(17)18)6-13(22)19-12-4-3-9(14(23)24)5-11(12)16/h3-5,15H,6H2,1-2H3,(H,19,22)(H,23,24). The summed E-state index contributed by atoms with van der Waals surface area (Å²) in [5.74, 6) is -2.82. The number of carboxylic acids is 1. The van der Waals surface area contributed by atoms with Gasteiger partial charge in [0.05, 0.1) is 23.4 Å². The smallest absolute Gasteiger partial charge is 0.335 e. The summed E-state index contributed by atoms with van der Waals surface area (Å²) >= 11 is 0. The molecule has 128 valence electrons. The molecule has 2 aromatic rings. The van der Waals surface area contributed by atoms with Crippen LogP contribution in [0.3, 0.4) is 0 Å². The lowest BCUT2D eigenvalue weighted by Gasteiger charge is -2.08. The topological polar surface area (TPSA) is 84.2 Å². The highest BCUT2D eigenvalue weighted by Crippen LogP contribution is 2.21. The molecule has 2 rings (SSSR count). The van der Waals surface area contributed by atoms with Gasteiger partial charge in [-0.15, -0.1) is 0 Å². The second kappa shape index (κ2) is 6.73. The molecule has 1 heterocycles. The quantitative estimate of drug-likeness (QED) is 0.876. The van der Waals surface area contributed by atoms with E-state index >= 15 is 0 Å². The van der Waals surface area contributed by atoms with E-state index in [1.165, 1.54) is 13.8 Å². The summed E-state index contributed by atoms with van der Waals surface area (Å²) in [6.45, 7) is 0.0924. The van der Waals surface area contributed by atoms with Gasteiger partial charge in [0, 0.05) is 11.3 Å². The van der Waals surface area contributed by atoms with Gasteiger partial charge in [0.25, 0.3) is 0 Å². The molecular formula is C15H14F3N3O3. The second-order valence-corrected chi connectivity index (χ2v) is 5.10. The van der Waals surface area contributed by atoms with Crippen LogP contribution < -0.4 is 5.32 Å². The van der Waals surface area contributed by atoms with Gasteiger partial charge in [-0.25, -0.2) is 13.9 Å². The van der Waals surface area contributed by atoms with Gasteiger partial charge < -0.3 is 10.4 Å². The number of hydrogen-bond donors (Lipinski definition) is 2. The Morgan fingerprint density at radius 1 is 1.33 bits per heavy atom. The number of rotatable bonds is 5. The maximum absolute atomic E-state index is 13.8. The number of aryl methyl sites for hydroxylation is 1. The van der Waals surface area contributed by atoms with Crippen molar-refractivity contribution in [1.29, 1.82) is 0 Å². The third kappa shape index (κ3) is 3.55. The summed E-state index contributed by atoms with van der Waals surface area (Å²) in [5.41, 5.74) is 0.316. The molecule has 0 radical (unpaired) electrons. The SMILES string of the molecule is Cc1nn(C(F)F)c(C)c1CC(=O)Nc1ccc(C(=O)O)cc1F. The van der Waals surface area contributed by atoms with E-state index < -0.39 is 24.2 Å². The molecule has 0 atom stereocenters. The first-order valence-electron chi connectivity index (χ1n) is 6.86. The van der Waals surface area contributed by atoms with Crippen LogP contribution in [0, 0.1) is 19.7 Å². The molecular weight excluding hydrogens is 327 g/mol. The lowest BCUT2D eigenvalue weighted by Crippen LogP contribution is -2.16. The number of carbonyl (C=O) groups excluding carboxylic acids is 1. The number of aromatic nitrogens is 2. The van der Waals surface area contributed by atoms with E-state index in [-0.39, 0.29) is 29.1 Å². The molecule has 9 heteroatoms. The Morgan fingerprint density at radius 2 is 2.00 bits per heavy atom. The van der Waals surface area contributed by atoms with Crippen molar-refractivity contribution in [2.24, 2.45) is 0 Å². The van der Waals surface area contributed by atoms with E-state index in [9.17, 15) is 22.8 Å². The van der Waals surface area contributed by atoms with E-state index in [4.69, 9.17) is 5.11 Å². The fourth-order valence-electron chi connectivity index (χ4n) is 2.25. The summed E-state index contributed by atoms with van der Waals surface area (Å²) in [7, 11) is 0. The molecule has 0 bridgehead atoms. The number of nitrogens with one attached hydrogen (secondary N) is 1. The first-order valence-corrected chi connectivity index (χ1v) is 6.86. The molecule has 0 saturated carbocycles. The Balaban J connectivity index is 2.16. The minimum atomic E-state index is -2.82. The van der Waals surface area contributed by atoms with Gasteiger partial charge in [-0.05, 0) is 32.0 Å². The van der Waals surface area contributed by atoms with Crippen molar-refractivity contribution < 1.29 is 27.9 Å². The molecule has 0 fully saturated rings. The summed E-state index contributed by atoms with van der Waals surface area (Å²) in [5, 5.41) is 14.7. The number of alkyl halides is 2. The third-order valence-corrected chi connectivity index (χ3v) is 3.49. The van der Waals surface area contributed by atoms with Gasteiger partial charge in [0.15, 0.2) is 0 Å². The molecule has 0 aliphatic rings. The van der Waals surface area contributed by atoms with Gasteiger partial charge in [-0.3, -0.25) is 4.79 Å². The molecule has 6 nitrogen and oxygen atoms in total. The van der Waals surface area contributed by atoms with Crippen LogP contribution in [0.25, 0.3) is 0 Å². The first kappa shape index (κ1) is 17.5. The van der Waals surface area contributed by atoms with Crippen LogP contribution in [0.1, 0.15) is 33.9 Å². The zero-order chi connectivity index (χ0) is 18.0. The summed E-state index contributed by atoms with van der Waals surface area (Å²) in [6.07, 6.45) is -0.259. The van der Waals surface area contributed by atoms with Crippen LogP contribution in [0.15, 0.2) is 18.2 Å². The van der Waals surface area contributed by atoms with Crippen LogP contribution in [0.2, 0.25) is 0 Å². The van der Waals surface area contributed by atoms with Crippen molar-refractivity contribution in [3.05, 3.63) is 46.5 Å². The molecule has 0 aliphatic heterocycles. The van der Waals surface area contributed by atoms with E-state index in [2.05, 4.69) is 10.4 Å². The molecule has 1 aromatic carbocycles. The molecule has 1 aromatic heterocycles. The van der Waals surface area contributed by atoms with Crippen molar-refractivity contribution in [3.63, 3.8) is 0 Å². The van der Waals surface area contributed by atoms with Crippen molar-refractivity contribution in [2.45, 2.75) is 26.8 Å². The Bertz CT molecular complexity index is 803. The van der Waals surface area contributed by atoms with Crippen molar-refractivity contribution >= 4 is 17.6 Å². The van der Waals surface area contributed by atoms with Crippen molar-refractivity contribution in [1.82, 2.24) is 9.78 Å². The van der Waals surface area contributed by atoms with E-state index in [0.29, 0.717) is 10.2 Å². The number of carbonyl (C=O) groups is 2. The van der Waals surface area contributed by atoms with E-state index in [1.807, 2.05) is 0 Å². The molecule has 0 saturated heterocycles. The molecule has 0 unspecified atom stereocenters. The Hall–Kier alpha value is -2.84. The fourth-order valence-corrected chi connectivity index (χ4v) is 2.25. The molecule has 24 heavy (non-hydrogen) atoms. The predicted molar refractivity (Wildman–Crippen MR) is 78.6 cm³/mol. The largest absolute Gasteiger partial charge is 0.478 e. The summed E-state index contributed by atoms with van der Waals surface area (Å²) in [6, 6.07) is 3.05. The van der Waals surface area contributed by atoms with Gasteiger partial charge in [0.1, 0.15) is 5.82 Å². The fraction of sp³-hybridized carbons (Fsp3) is 0.267. The highest BCUT2D eigenvalue weighted by atomic mass is 19.3. The minimum Gasteiger partial charge on any atom is -0.478 e. The highest BCUT2D eigenvalue weighted by Gasteiger charge is 2.20. The lowest BCUT2D eigenvalue weighted by atomic mass is 10.1. The molecule has 0 spiro atoms. The Labute approximate surface area is 134 Å². The normalized spacial score (nSPS) is 10.9. The number of halogens is 3. The van der Waals surface area contributed by atoms with Crippen LogP contribution in [-0.4, -0.2) is 26.8 Å². The van der Waals surface area contributed by atoms with E-state index in [1.54, 1.807) is 0 Å². The van der Waals surface area contributed by atoms with Crippen LogP contribution in [0.5, 0.6) is 0 Å². The monoisotopic (exact) mass is 341 g/mol. The first-order chi connectivity index (χ1) is 11.2. The highest BCUT2D eigenvalue weighted by molar-refractivity contribution is 5.94. The number of benzene rings is 1. The summed E-state index contributed by atoms with van der Waals surface area (Å²) in [4.78, 5) is 22.8. The van der Waals surface area contributed by atoms with Gasteiger partial charge >= 0.3 is 12.5 Å². The van der Waals surface area contributed by atoms with Gasteiger partial charge in [-0.2, -0.15) is 13.9 Å². The van der Waals surface area contributed by atoms with E-state index in [0.717, 1.165) is 18.2 Å². The average molecular weight is 341 g/mol.